The molecule has 7 nitrogen and oxygen atoms in total. The molecule has 1 heterocycles. The molecule has 0 aliphatic rings. The van der Waals surface area contributed by atoms with Crippen molar-refractivity contribution in [3.05, 3.63) is 18.0 Å². The van der Waals surface area contributed by atoms with Crippen LogP contribution in [0.3, 0.4) is 0 Å². The molecule has 0 fully saturated rings. The quantitative estimate of drug-likeness (QED) is 0.492. The van der Waals surface area contributed by atoms with Gasteiger partial charge in [-0.2, -0.15) is 5.10 Å². The van der Waals surface area contributed by atoms with E-state index in [1.165, 1.54) is 6.20 Å². The number of carbonyl (C=O) groups is 1. The van der Waals surface area contributed by atoms with Gasteiger partial charge in [-0.05, 0) is 6.07 Å². The Labute approximate surface area is 74.0 Å². The van der Waals surface area contributed by atoms with Gasteiger partial charge >= 0.3 is 14.2 Å². The summed E-state index contributed by atoms with van der Waals surface area (Å²) in [5, 5.41) is 14.4. The predicted molar refractivity (Wildman–Crippen MR) is 42.0 cm³/mol. The van der Waals surface area contributed by atoms with Gasteiger partial charge in [0.25, 0.3) is 0 Å². The Kier molecular flexibility index (Phi) is 5.62. The molecule has 0 aromatic carbocycles. The van der Waals surface area contributed by atoms with Crippen LogP contribution in [0, 0.1) is 0 Å². The van der Waals surface area contributed by atoms with Crippen LogP contribution in [0.15, 0.2) is 12.3 Å². The summed E-state index contributed by atoms with van der Waals surface area (Å²) in [4.78, 5) is 24.3. The number of nitrogens with one attached hydrogen (secondary N) is 1. The lowest BCUT2D eigenvalue weighted by molar-refractivity contribution is -0.136. The van der Waals surface area contributed by atoms with Gasteiger partial charge in [0.05, 0.1) is 6.42 Å². The summed E-state index contributed by atoms with van der Waals surface area (Å²) in [6, 6.07) is 1.63. The Hall–Kier alpha value is -1.30. The van der Waals surface area contributed by atoms with Crippen LogP contribution in [0.4, 0.5) is 0 Å². The molecule has 0 bridgehead atoms. The first-order chi connectivity index (χ1) is 6.02. The number of H-pyrrole nitrogens is 1. The van der Waals surface area contributed by atoms with Gasteiger partial charge in [-0.25, -0.2) is 0 Å². The van der Waals surface area contributed by atoms with E-state index in [0.717, 1.165) is 0 Å². The number of hydrogen-bond acceptors (Lipinski definition) is 3. The fourth-order valence-electron chi connectivity index (χ4n) is 0.546. The van der Waals surface area contributed by atoms with Crippen molar-refractivity contribution >= 4 is 14.2 Å². The van der Waals surface area contributed by atoms with E-state index in [9.17, 15) is 4.79 Å². The second kappa shape index (κ2) is 6.24. The fraction of sp³-hybridized carbons (Fsp3) is 0.200. The first kappa shape index (κ1) is 11.7. The van der Waals surface area contributed by atoms with Crippen molar-refractivity contribution in [3.8, 4) is 0 Å². The van der Waals surface area contributed by atoms with E-state index in [0.29, 0.717) is 5.69 Å². The van der Waals surface area contributed by atoms with E-state index >= 15 is 0 Å². The number of hydrogen-bond donors (Lipinski definition) is 4. The number of carboxylic acid groups (broad SMARTS) is 1. The predicted octanol–water partition coefficient (Wildman–Crippen LogP) is -0.335. The average Bonchev–Trinajstić information content (AvgIpc) is 2.36. The molecule has 0 atom stereocenters. The zero-order valence-electron chi connectivity index (χ0n) is 6.41. The molecule has 1 aromatic rings. The van der Waals surface area contributed by atoms with Crippen LogP contribution in [0.5, 0.6) is 0 Å². The molecule has 13 heavy (non-hydrogen) atoms. The van der Waals surface area contributed by atoms with E-state index in [-0.39, 0.29) is 6.42 Å². The zero-order chi connectivity index (χ0) is 10.3. The lowest BCUT2D eigenvalue weighted by Gasteiger charge is -1.85. The molecule has 4 N–H and O–H groups in total. The molecule has 0 spiro atoms. The summed E-state index contributed by atoms with van der Waals surface area (Å²) in [5.41, 5.74) is 0.627. The van der Waals surface area contributed by atoms with Crippen molar-refractivity contribution in [2.75, 3.05) is 0 Å². The number of nitrogens with zero attached hydrogens (tertiary/aromatic N) is 1. The van der Waals surface area contributed by atoms with E-state index in [1.54, 1.807) is 6.07 Å². The van der Waals surface area contributed by atoms with Crippen LogP contribution in [0.2, 0.25) is 0 Å². The normalized spacial score (nSPS) is 8.46. The Bertz CT molecular complexity index is 268. The Morgan fingerprint density at radius 3 is 2.46 bits per heavy atom. The molecular weight excluding hydrogens is 199 g/mol. The third kappa shape index (κ3) is 8.61. The smallest absolute Gasteiger partial charge is 0.481 e. The standard InChI is InChI=1S/C5H6N2O2.HO3P/c8-5(9)3-4-1-2-6-7-4;1-4(2)3/h1-2H,3H2,(H,6,7)(H,8,9);(H-,1,2,3)/p+1. The minimum atomic E-state index is -2.87. The van der Waals surface area contributed by atoms with Crippen LogP contribution < -0.4 is 0 Å². The highest BCUT2D eigenvalue weighted by Gasteiger charge is 1.98. The van der Waals surface area contributed by atoms with Gasteiger partial charge in [0.15, 0.2) is 0 Å². The first-order valence-corrected chi connectivity index (χ1v) is 4.24. The minimum Gasteiger partial charge on any atom is -0.481 e. The number of aliphatic carboxylic acids is 1. The van der Waals surface area contributed by atoms with Gasteiger partial charge in [-0.1, -0.05) is 0 Å². The molecule has 0 saturated carbocycles. The maximum atomic E-state index is 10.0. The molecular formula is C5H8N2O5P+. The van der Waals surface area contributed by atoms with Crippen molar-refractivity contribution in [1.82, 2.24) is 10.2 Å². The van der Waals surface area contributed by atoms with Crippen molar-refractivity contribution in [3.63, 3.8) is 0 Å². The number of rotatable bonds is 2. The minimum absolute atomic E-state index is 0.0139. The zero-order valence-corrected chi connectivity index (χ0v) is 7.31. The first-order valence-electron chi connectivity index (χ1n) is 3.07. The monoisotopic (exact) mass is 207 g/mol. The largest absolute Gasteiger partial charge is 0.692 e. The topological polar surface area (TPSA) is 124 Å². The van der Waals surface area contributed by atoms with Crippen molar-refractivity contribution < 1.29 is 24.3 Å². The van der Waals surface area contributed by atoms with Gasteiger partial charge in [0, 0.05) is 16.5 Å². The van der Waals surface area contributed by atoms with E-state index in [1.807, 2.05) is 0 Å². The molecule has 0 aliphatic carbocycles. The average molecular weight is 207 g/mol. The van der Waals surface area contributed by atoms with Gasteiger partial charge in [0.1, 0.15) is 0 Å². The van der Waals surface area contributed by atoms with Crippen LogP contribution >= 0.6 is 8.25 Å². The van der Waals surface area contributed by atoms with E-state index in [2.05, 4.69) is 10.2 Å². The summed E-state index contributed by atoms with van der Waals surface area (Å²) in [6.45, 7) is 0. The molecule has 8 heteroatoms. The van der Waals surface area contributed by atoms with Crippen molar-refractivity contribution in [2.24, 2.45) is 0 Å². The molecule has 0 aliphatic heterocycles. The van der Waals surface area contributed by atoms with Crippen LogP contribution in [0.25, 0.3) is 0 Å². The summed E-state index contributed by atoms with van der Waals surface area (Å²) < 4.78 is 8.70. The highest BCUT2D eigenvalue weighted by Crippen LogP contribution is 1.98. The number of carboxylic acids is 1. The lowest BCUT2D eigenvalue weighted by atomic mass is 10.3. The maximum absolute atomic E-state index is 10.0. The van der Waals surface area contributed by atoms with E-state index < -0.39 is 14.2 Å². The number of aromatic nitrogens is 2. The Balaban J connectivity index is 0.000000310. The highest BCUT2D eigenvalue weighted by atomic mass is 31.1. The number of aromatic amines is 1. The molecule has 1 rings (SSSR count). The third-order valence-corrected chi connectivity index (χ3v) is 0.900. The van der Waals surface area contributed by atoms with Gasteiger partial charge < -0.3 is 5.11 Å². The SMILES string of the molecule is O=C(O)Cc1ccn[nH]1.O=[P+](O)O. The fourth-order valence-corrected chi connectivity index (χ4v) is 0.546. The molecule has 0 unspecified atom stereocenters. The van der Waals surface area contributed by atoms with E-state index in [4.69, 9.17) is 19.5 Å². The molecule has 0 saturated heterocycles. The van der Waals surface area contributed by atoms with Crippen LogP contribution in [-0.2, 0) is 15.8 Å². The third-order valence-electron chi connectivity index (χ3n) is 0.900. The molecule has 1 aromatic heterocycles. The maximum Gasteiger partial charge on any atom is 0.692 e. The molecule has 0 radical (unpaired) electrons. The summed E-state index contributed by atoms with van der Waals surface area (Å²) >= 11 is 0. The lowest BCUT2D eigenvalue weighted by Crippen LogP contribution is -1.99. The van der Waals surface area contributed by atoms with Gasteiger partial charge in [0.2, 0.25) is 0 Å². The van der Waals surface area contributed by atoms with Crippen LogP contribution in [-0.4, -0.2) is 31.1 Å². The van der Waals surface area contributed by atoms with Crippen molar-refractivity contribution in [1.29, 1.82) is 0 Å². The van der Waals surface area contributed by atoms with Gasteiger partial charge in [-0.3, -0.25) is 9.89 Å². The Morgan fingerprint density at radius 1 is 1.62 bits per heavy atom. The summed E-state index contributed by atoms with van der Waals surface area (Å²) in [7, 11) is -2.87. The van der Waals surface area contributed by atoms with Crippen molar-refractivity contribution in [2.45, 2.75) is 6.42 Å². The summed E-state index contributed by atoms with van der Waals surface area (Å²) in [6.07, 6.45) is 1.54. The molecule has 72 valence electrons. The Morgan fingerprint density at radius 2 is 2.15 bits per heavy atom. The van der Waals surface area contributed by atoms with Crippen LogP contribution in [0.1, 0.15) is 5.69 Å². The highest BCUT2D eigenvalue weighted by molar-refractivity contribution is 7.30. The second-order valence-corrected chi connectivity index (χ2v) is 2.41. The summed E-state index contributed by atoms with van der Waals surface area (Å²) in [5.74, 6) is -0.848. The molecule has 0 amide bonds. The second-order valence-electron chi connectivity index (χ2n) is 1.91. The van der Waals surface area contributed by atoms with Gasteiger partial charge in [-0.15, -0.1) is 9.79 Å².